The van der Waals surface area contributed by atoms with E-state index in [4.69, 9.17) is 37.1 Å². The van der Waals surface area contributed by atoms with Crippen LogP contribution in [0.3, 0.4) is 0 Å². The second-order valence-corrected chi connectivity index (χ2v) is 6.85. The number of rotatable bonds is 8. The maximum Gasteiger partial charge on any atom is 0.306 e. The Bertz CT molecular complexity index is 942. The smallest absolute Gasteiger partial charge is 0.306 e. The maximum absolute atomic E-state index is 11.8. The van der Waals surface area contributed by atoms with E-state index < -0.39 is 0 Å². The Labute approximate surface area is 172 Å². The van der Waals surface area contributed by atoms with Gasteiger partial charge in [0.25, 0.3) is 0 Å². The molecule has 0 saturated heterocycles. The SMILES string of the molecule is Cc1ccc(-c2nnc(CCC(=O)OCCOc3ccc(Cl)cc3Cl)o2)cc1. The lowest BCUT2D eigenvalue weighted by Gasteiger charge is -2.08. The molecule has 0 unspecified atom stereocenters. The van der Waals surface area contributed by atoms with Crippen LogP contribution in [0.4, 0.5) is 0 Å². The molecule has 0 N–H and O–H groups in total. The van der Waals surface area contributed by atoms with Crippen LogP contribution in [0.5, 0.6) is 5.75 Å². The van der Waals surface area contributed by atoms with E-state index in [9.17, 15) is 4.79 Å². The highest BCUT2D eigenvalue weighted by Crippen LogP contribution is 2.27. The molecule has 0 amide bonds. The lowest BCUT2D eigenvalue weighted by atomic mass is 10.1. The molecular formula is C20H18Cl2N2O4. The summed E-state index contributed by atoms with van der Waals surface area (Å²) in [5, 5.41) is 8.90. The van der Waals surface area contributed by atoms with Crippen LogP contribution in [-0.2, 0) is 16.0 Å². The fourth-order valence-electron chi connectivity index (χ4n) is 2.35. The summed E-state index contributed by atoms with van der Waals surface area (Å²) in [6.45, 7) is 2.30. The third kappa shape index (κ3) is 5.71. The van der Waals surface area contributed by atoms with Crippen LogP contribution < -0.4 is 4.74 Å². The van der Waals surface area contributed by atoms with Gasteiger partial charge in [-0.1, -0.05) is 40.9 Å². The van der Waals surface area contributed by atoms with Gasteiger partial charge in [0.2, 0.25) is 11.8 Å². The highest BCUT2D eigenvalue weighted by molar-refractivity contribution is 6.35. The molecule has 1 aromatic heterocycles. The Morgan fingerprint density at radius 1 is 1.07 bits per heavy atom. The Balaban J connectivity index is 1.39. The number of benzene rings is 2. The van der Waals surface area contributed by atoms with E-state index in [0.29, 0.717) is 34.0 Å². The molecule has 28 heavy (non-hydrogen) atoms. The van der Waals surface area contributed by atoms with Gasteiger partial charge in [-0.2, -0.15) is 0 Å². The summed E-state index contributed by atoms with van der Waals surface area (Å²) in [4.78, 5) is 11.8. The number of hydrogen-bond donors (Lipinski definition) is 0. The van der Waals surface area contributed by atoms with Crippen LogP contribution in [0.1, 0.15) is 17.9 Å². The zero-order valence-electron chi connectivity index (χ0n) is 15.2. The molecule has 6 nitrogen and oxygen atoms in total. The van der Waals surface area contributed by atoms with Crippen molar-refractivity contribution in [1.82, 2.24) is 10.2 Å². The standard InChI is InChI=1S/C20H18Cl2N2O4/c1-13-2-4-14(5-3-13)20-24-23-18(28-20)8-9-19(25)27-11-10-26-17-7-6-15(21)12-16(17)22/h2-7,12H,8-11H2,1H3. The van der Waals surface area contributed by atoms with Crippen LogP contribution in [0.2, 0.25) is 10.0 Å². The zero-order valence-corrected chi connectivity index (χ0v) is 16.7. The van der Waals surface area contributed by atoms with Gasteiger partial charge in [-0.05, 0) is 37.3 Å². The van der Waals surface area contributed by atoms with Crippen LogP contribution in [0.15, 0.2) is 46.9 Å². The molecule has 0 radical (unpaired) electrons. The number of aromatic nitrogens is 2. The van der Waals surface area contributed by atoms with E-state index >= 15 is 0 Å². The van der Waals surface area contributed by atoms with Crippen molar-refractivity contribution < 1.29 is 18.7 Å². The van der Waals surface area contributed by atoms with Crippen LogP contribution in [-0.4, -0.2) is 29.4 Å². The first-order valence-corrected chi connectivity index (χ1v) is 9.40. The molecule has 0 fully saturated rings. The molecule has 146 valence electrons. The topological polar surface area (TPSA) is 74.5 Å². The summed E-state index contributed by atoms with van der Waals surface area (Å²) < 4.78 is 16.2. The highest BCUT2D eigenvalue weighted by Gasteiger charge is 2.11. The number of aryl methyl sites for hydroxylation is 2. The van der Waals surface area contributed by atoms with Gasteiger partial charge in [0, 0.05) is 17.0 Å². The highest BCUT2D eigenvalue weighted by atomic mass is 35.5. The second-order valence-electron chi connectivity index (χ2n) is 6.01. The molecule has 0 aliphatic heterocycles. The molecular weight excluding hydrogens is 403 g/mol. The minimum absolute atomic E-state index is 0.107. The van der Waals surface area contributed by atoms with E-state index in [1.54, 1.807) is 18.2 Å². The number of nitrogens with zero attached hydrogens (tertiary/aromatic N) is 2. The summed E-state index contributed by atoms with van der Waals surface area (Å²) >= 11 is 11.8. The number of carbonyl (C=O) groups is 1. The summed E-state index contributed by atoms with van der Waals surface area (Å²) in [5.41, 5.74) is 1.98. The summed E-state index contributed by atoms with van der Waals surface area (Å²) in [7, 11) is 0. The third-order valence-corrected chi connectivity index (χ3v) is 4.34. The number of hydrogen-bond acceptors (Lipinski definition) is 6. The van der Waals surface area contributed by atoms with Crippen LogP contribution >= 0.6 is 23.2 Å². The van der Waals surface area contributed by atoms with Gasteiger partial charge in [-0.3, -0.25) is 4.79 Å². The normalized spacial score (nSPS) is 10.7. The summed E-state index contributed by atoms with van der Waals surface area (Å²) in [6, 6.07) is 12.7. The van der Waals surface area contributed by atoms with Crippen molar-refractivity contribution in [3.05, 3.63) is 64.0 Å². The predicted octanol–water partition coefficient (Wildman–Crippen LogP) is 4.91. The summed E-state index contributed by atoms with van der Waals surface area (Å²) in [6.07, 6.45) is 0.443. The van der Waals surface area contributed by atoms with Crippen molar-refractivity contribution in [2.24, 2.45) is 0 Å². The number of ether oxygens (including phenoxy) is 2. The minimum Gasteiger partial charge on any atom is -0.488 e. The van der Waals surface area contributed by atoms with Crippen molar-refractivity contribution >= 4 is 29.2 Å². The van der Waals surface area contributed by atoms with Gasteiger partial charge >= 0.3 is 5.97 Å². The minimum atomic E-state index is -0.374. The Morgan fingerprint density at radius 3 is 2.61 bits per heavy atom. The lowest BCUT2D eigenvalue weighted by molar-refractivity contribution is -0.144. The first-order chi connectivity index (χ1) is 13.5. The lowest BCUT2D eigenvalue weighted by Crippen LogP contribution is -2.12. The number of esters is 1. The third-order valence-electron chi connectivity index (χ3n) is 3.81. The average Bonchev–Trinajstić information content (AvgIpc) is 3.14. The van der Waals surface area contributed by atoms with Crippen molar-refractivity contribution in [2.45, 2.75) is 19.8 Å². The van der Waals surface area contributed by atoms with Crippen molar-refractivity contribution in [3.8, 4) is 17.2 Å². The van der Waals surface area contributed by atoms with Crippen molar-refractivity contribution in [2.75, 3.05) is 13.2 Å². The molecule has 0 aliphatic carbocycles. The maximum atomic E-state index is 11.8. The molecule has 0 atom stereocenters. The predicted molar refractivity (Wildman–Crippen MR) is 106 cm³/mol. The summed E-state index contributed by atoms with van der Waals surface area (Å²) in [5.74, 6) is 0.922. The van der Waals surface area contributed by atoms with Gasteiger partial charge in [0.15, 0.2) is 0 Å². The molecule has 8 heteroatoms. The van der Waals surface area contributed by atoms with E-state index in [-0.39, 0.29) is 25.6 Å². The van der Waals surface area contributed by atoms with Gasteiger partial charge in [0.1, 0.15) is 19.0 Å². The van der Waals surface area contributed by atoms with E-state index in [1.807, 2.05) is 31.2 Å². The zero-order chi connectivity index (χ0) is 19.9. The quantitative estimate of drug-likeness (QED) is 0.380. The van der Waals surface area contributed by atoms with Crippen LogP contribution in [0, 0.1) is 6.92 Å². The van der Waals surface area contributed by atoms with Gasteiger partial charge in [-0.25, -0.2) is 0 Å². The van der Waals surface area contributed by atoms with Crippen LogP contribution in [0.25, 0.3) is 11.5 Å². The Kier molecular flexibility index (Phi) is 6.90. The first-order valence-electron chi connectivity index (χ1n) is 8.64. The average molecular weight is 421 g/mol. The number of halogens is 2. The molecule has 0 spiro atoms. The monoisotopic (exact) mass is 420 g/mol. The van der Waals surface area contributed by atoms with Gasteiger partial charge < -0.3 is 13.9 Å². The molecule has 0 bridgehead atoms. The Morgan fingerprint density at radius 2 is 1.86 bits per heavy atom. The fraction of sp³-hybridized carbons (Fsp3) is 0.250. The largest absolute Gasteiger partial charge is 0.488 e. The molecule has 2 aromatic carbocycles. The number of carbonyl (C=O) groups excluding carboxylic acids is 1. The molecule has 3 rings (SSSR count). The van der Waals surface area contributed by atoms with E-state index in [2.05, 4.69) is 10.2 Å². The van der Waals surface area contributed by atoms with Gasteiger partial charge in [-0.15, -0.1) is 10.2 Å². The van der Waals surface area contributed by atoms with E-state index in [0.717, 1.165) is 11.1 Å². The molecule has 3 aromatic rings. The molecule has 0 aliphatic rings. The van der Waals surface area contributed by atoms with E-state index in [1.165, 1.54) is 0 Å². The fourth-order valence-corrected chi connectivity index (χ4v) is 2.81. The van der Waals surface area contributed by atoms with Gasteiger partial charge in [0.05, 0.1) is 11.4 Å². The molecule has 1 heterocycles. The van der Waals surface area contributed by atoms with Crippen molar-refractivity contribution in [3.63, 3.8) is 0 Å². The second kappa shape index (κ2) is 9.57. The Hall–Kier alpha value is -2.57. The first kappa shape index (κ1) is 20.2. The molecule has 0 saturated carbocycles. The van der Waals surface area contributed by atoms with Crippen molar-refractivity contribution in [1.29, 1.82) is 0 Å².